The van der Waals surface area contributed by atoms with E-state index in [0.717, 1.165) is 35.8 Å². The van der Waals surface area contributed by atoms with Crippen LogP contribution in [0.5, 0.6) is 11.5 Å². The van der Waals surface area contributed by atoms with Crippen LogP contribution in [0, 0.1) is 11.8 Å². The number of ether oxygens (including phenoxy) is 2. The van der Waals surface area contributed by atoms with Gasteiger partial charge in [-0.25, -0.2) is 0 Å². The molecule has 5 heteroatoms. The highest BCUT2D eigenvalue weighted by molar-refractivity contribution is 9.09. The van der Waals surface area contributed by atoms with E-state index >= 15 is 0 Å². The fraction of sp³-hybridized carbons (Fsp3) is 0.480. The first kappa shape index (κ1) is 21.9. The number of ketones is 1. The molecule has 2 unspecified atom stereocenters. The molecule has 160 valence electrons. The van der Waals surface area contributed by atoms with Crippen LogP contribution in [0.2, 0.25) is 0 Å². The Hall–Kier alpha value is -1.33. The molecule has 0 N–H and O–H groups in total. The molecule has 0 aliphatic heterocycles. The third-order valence-electron chi connectivity index (χ3n) is 5.88. The zero-order valence-electron chi connectivity index (χ0n) is 17.1. The highest BCUT2D eigenvalue weighted by Gasteiger charge is 2.29. The predicted molar refractivity (Wildman–Crippen MR) is 127 cm³/mol. The number of carbonyl (C=O) groups excluding carboxylic acids is 1. The summed E-state index contributed by atoms with van der Waals surface area (Å²) < 4.78 is 11.9. The van der Waals surface area contributed by atoms with Crippen LogP contribution >= 0.6 is 31.9 Å². The van der Waals surface area contributed by atoms with Gasteiger partial charge in [0.05, 0.1) is 25.0 Å². The lowest BCUT2D eigenvalue weighted by Crippen LogP contribution is -2.23. The Morgan fingerprint density at radius 1 is 0.800 bits per heavy atom. The lowest BCUT2D eigenvalue weighted by Gasteiger charge is -2.21. The zero-order chi connectivity index (χ0) is 20.9. The van der Waals surface area contributed by atoms with E-state index in [1.807, 2.05) is 48.5 Å². The first-order valence-electron chi connectivity index (χ1n) is 10.8. The Morgan fingerprint density at radius 3 is 1.60 bits per heavy atom. The summed E-state index contributed by atoms with van der Waals surface area (Å²) >= 11 is 7.16. The summed E-state index contributed by atoms with van der Waals surface area (Å²) in [5.74, 6) is 2.85. The molecule has 2 aliphatic carbocycles. The highest BCUT2D eigenvalue weighted by atomic mass is 79.9. The topological polar surface area (TPSA) is 35.5 Å². The second-order valence-electron chi connectivity index (χ2n) is 8.47. The van der Waals surface area contributed by atoms with Gasteiger partial charge in [0.1, 0.15) is 17.3 Å². The molecule has 0 heterocycles. The molecule has 0 amide bonds. The van der Waals surface area contributed by atoms with Crippen LogP contribution in [-0.2, 0) is 4.79 Å². The van der Waals surface area contributed by atoms with Crippen molar-refractivity contribution in [2.45, 2.75) is 37.5 Å². The van der Waals surface area contributed by atoms with Crippen molar-refractivity contribution >= 4 is 37.6 Å². The second kappa shape index (κ2) is 10.3. The molecule has 2 atom stereocenters. The summed E-state index contributed by atoms with van der Waals surface area (Å²) in [5, 5.41) is 1.17. The van der Waals surface area contributed by atoms with E-state index in [1.165, 1.54) is 25.7 Å². The van der Waals surface area contributed by atoms with Crippen molar-refractivity contribution in [3.63, 3.8) is 0 Å². The molecular formula is C25H28Br2O3. The van der Waals surface area contributed by atoms with Crippen LogP contribution in [0.25, 0.3) is 0 Å². The number of alkyl halides is 2. The Bertz CT molecular complexity index is 791. The van der Waals surface area contributed by atoms with Gasteiger partial charge in [0.15, 0.2) is 0 Å². The predicted octanol–water partition coefficient (Wildman–Crippen LogP) is 6.49. The minimum absolute atomic E-state index is 0.197. The summed E-state index contributed by atoms with van der Waals surface area (Å²) in [4.78, 5) is 13.5. The quantitative estimate of drug-likeness (QED) is 0.291. The molecule has 0 bridgehead atoms. The van der Waals surface area contributed by atoms with Gasteiger partial charge in [0, 0.05) is 10.7 Å². The maximum Gasteiger partial charge on any atom is 0.149 e. The van der Waals surface area contributed by atoms with Gasteiger partial charge in [-0.2, -0.15) is 0 Å². The van der Waals surface area contributed by atoms with E-state index in [4.69, 9.17) is 9.47 Å². The van der Waals surface area contributed by atoms with Crippen molar-refractivity contribution in [1.29, 1.82) is 0 Å². The van der Waals surface area contributed by atoms with Crippen molar-refractivity contribution < 1.29 is 14.3 Å². The molecular weight excluding hydrogens is 508 g/mol. The molecule has 0 radical (unpaired) electrons. The SMILES string of the molecule is O=C(C(CBr)c1cccc(OCC2CC2)c1)C(CBr)c1cccc(OCC2CC2)c1. The number of benzene rings is 2. The number of Topliss-reactive ketones (excluding diaryl/α,β-unsaturated/α-hetero) is 1. The van der Waals surface area contributed by atoms with Crippen LogP contribution in [0.1, 0.15) is 48.6 Å². The van der Waals surface area contributed by atoms with E-state index in [-0.39, 0.29) is 17.6 Å². The Labute approximate surface area is 195 Å². The number of halogens is 2. The van der Waals surface area contributed by atoms with Crippen molar-refractivity contribution in [3.05, 3.63) is 59.7 Å². The van der Waals surface area contributed by atoms with Gasteiger partial charge < -0.3 is 9.47 Å². The molecule has 3 nitrogen and oxygen atoms in total. The van der Waals surface area contributed by atoms with Crippen molar-refractivity contribution in [2.24, 2.45) is 11.8 Å². The third kappa shape index (κ3) is 5.88. The third-order valence-corrected chi connectivity index (χ3v) is 7.18. The van der Waals surface area contributed by atoms with Gasteiger partial charge in [0.2, 0.25) is 0 Å². The molecule has 4 rings (SSSR count). The summed E-state index contributed by atoms with van der Waals surface area (Å²) in [6.07, 6.45) is 5.05. The van der Waals surface area contributed by atoms with Gasteiger partial charge in [-0.1, -0.05) is 56.1 Å². The largest absolute Gasteiger partial charge is 0.493 e. The number of carbonyl (C=O) groups is 1. The molecule has 0 aromatic heterocycles. The van der Waals surface area contributed by atoms with Gasteiger partial charge in [-0.15, -0.1) is 0 Å². The normalized spacial score (nSPS) is 17.9. The van der Waals surface area contributed by atoms with Crippen LogP contribution in [-0.4, -0.2) is 29.7 Å². The molecule has 2 aliphatic rings. The average Bonchev–Trinajstić information content (AvgIpc) is 3.68. The molecule has 0 spiro atoms. The fourth-order valence-corrected chi connectivity index (χ4v) is 4.93. The Morgan fingerprint density at radius 2 is 1.23 bits per heavy atom. The van der Waals surface area contributed by atoms with Crippen molar-refractivity contribution in [1.82, 2.24) is 0 Å². The van der Waals surface area contributed by atoms with Crippen molar-refractivity contribution in [3.8, 4) is 11.5 Å². The molecule has 2 fully saturated rings. The fourth-order valence-electron chi connectivity index (χ4n) is 3.54. The number of hydrogen-bond donors (Lipinski definition) is 0. The zero-order valence-corrected chi connectivity index (χ0v) is 20.2. The standard InChI is InChI=1S/C25H28Br2O3/c26-13-23(19-3-1-5-21(11-19)29-15-17-7-8-17)25(28)24(14-27)20-4-2-6-22(12-20)30-16-18-9-10-18/h1-6,11-12,17-18,23-24H,7-10,13-16H2. The summed E-state index contributed by atoms with van der Waals surface area (Å²) in [5.41, 5.74) is 1.99. The minimum Gasteiger partial charge on any atom is -0.493 e. The highest BCUT2D eigenvalue weighted by Crippen LogP contribution is 2.34. The van der Waals surface area contributed by atoms with Gasteiger partial charge in [0.25, 0.3) is 0 Å². The maximum atomic E-state index is 13.5. The Kier molecular flexibility index (Phi) is 7.53. The van der Waals surface area contributed by atoms with E-state index < -0.39 is 0 Å². The summed E-state index contributed by atoms with van der Waals surface area (Å²) in [6, 6.07) is 16.0. The molecule has 2 saturated carbocycles. The van der Waals surface area contributed by atoms with E-state index in [2.05, 4.69) is 31.9 Å². The van der Waals surface area contributed by atoms with Gasteiger partial charge in [-0.05, 0) is 72.9 Å². The van der Waals surface area contributed by atoms with Gasteiger partial charge >= 0.3 is 0 Å². The first-order valence-corrected chi connectivity index (χ1v) is 13.0. The second-order valence-corrected chi connectivity index (χ2v) is 9.76. The monoisotopic (exact) mass is 534 g/mol. The molecule has 2 aromatic rings. The van der Waals surface area contributed by atoms with Crippen molar-refractivity contribution in [2.75, 3.05) is 23.9 Å². The smallest absolute Gasteiger partial charge is 0.149 e. The molecule has 30 heavy (non-hydrogen) atoms. The lowest BCUT2D eigenvalue weighted by molar-refractivity contribution is -0.121. The molecule has 0 saturated heterocycles. The molecule has 2 aromatic carbocycles. The summed E-state index contributed by atoms with van der Waals surface area (Å²) in [6.45, 7) is 1.54. The number of hydrogen-bond acceptors (Lipinski definition) is 3. The van der Waals surface area contributed by atoms with Gasteiger partial charge in [-0.3, -0.25) is 4.79 Å². The minimum atomic E-state index is -0.229. The van der Waals surface area contributed by atoms with E-state index in [0.29, 0.717) is 22.5 Å². The first-order chi connectivity index (χ1) is 14.7. The Balaban J connectivity index is 1.48. The van der Waals surface area contributed by atoms with Crippen LogP contribution in [0.15, 0.2) is 48.5 Å². The van der Waals surface area contributed by atoms with Crippen LogP contribution in [0.4, 0.5) is 0 Å². The maximum absolute atomic E-state index is 13.5. The van der Waals surface area contributed by atoms with Crippen LogP contribution < -0.4 is 9.47 Å². The lowest BCUT2D eigenvalue weighted by atomic mass is 9.85. The summed E-state index contributed by atoms with van der Waals surface area (Å²) in [7, 11) is 0. The van der Waals surface area contributed by atoms with Crippen LogP contribution in [0.3, 0.4) is 0 Å². The van der Waals surface area contributed by atoms with E-state index in [1.54, 1.807) is 0 Å². The van der Waals surface area contributed by atoms with E-state index in [9.17, 15) is 4.79 Å². The number of rotatable bonds is 12. The average molecular weight is 536 g/mol.